The van der Waals surface area contributed by atoms with Crippen LogP contribution in [0.5, 0.6) is 0 Å². The highest BCUT2D eigenvalue weighted by molar-refractivity contribution is 5.95. The number of hydrogen-bond donors (Lipinski definition) is 2. The van der Waals surface area contributed by atoms with Crippen LogP contribution in [0.25, 0.3) is 0 Å². The van der Waals surface area contributed by atoms with Crippen LogP contribution in [-0.4, -0.2) is 24.4 Å². The Labute approximate surface area is 147 Å². The molecule has 2 amide bonds. The summed E-state index contributed by atoms with van der Waals surface area (Å²) in [5.41, 5.74) is 1.26. The van der Waals surface area contributed by atoms with Gasteiger partial charge in [-0.1, -0.05) is 37.3 Å². The van der Waals surface area contributed by atoms with E-state index in [9.17, 15) is 9.59 Å². The molecule has 2 N–H and O–H groups in total. The van der Waals surface area contributed by atoms with Gasteiger partial charge in [-0.2, -0.15) is 0 Å². The minimum absolute atomic E-state index is 0.150. The number of carbonyl (C=O) groups excluding carboxylic acids is 2. The van der Waals surface area contributed by atoms with Crippen molar-refractivity contribution in [1.82, 2.24) is 10.6 Å². The van der Waals surface area contributed by atoms with Crippen molar-refractivity contribution < 1.29 is 14.0 Å². The molecule has 1 aromatic heterocycles. The first-order valence-electron chi connectivity index (χ1n) is 8.78. The van der Waals surface area contributed by atoms with Crippen molar-refractivity contribution in [1.29, 1.82) is 0 Å². The second kappa shape index (κ2) is 7.55. The third-order valence-corrected chi connectivity index (χ3v) is 4.99. The maximum absolute atomic E-state index is 12.7. The predicted molar refractivity (Wildman–Crippen MR) is 95.1 cm³/mol. The lowest BCUT2D eigenvalue weighted by atomic mass is 10.0. The van der Waals surface area contributed by atoms with Crippen LogP contribution in [0, 0.1) is 5.41 Å². The van der Waals surface area contributed by atoms with E-state index >= 15 is 0 Å². The second-order valence-electron chi connectivity index (χ2n) is 6.76. The summed E-state index contributed by atoms with van der Waals surface area (Å²) in [6, 6.07) is 12.3. The van der Waals surface area contributed by atoms with Crippen LogP contribution in [0.4, 0.5) is 0 Å². The third-order valence-electron chi connectivity index (χ3n) is 4.99. The van der Waals surface area contributed by atoms with Gasteiger partial charge in [-0.3, -0.25) is 9.59 Å². The number of hydrogen-bond acceptors (Lipinski definition) is 3. The summed E-state index contributed by atoms with van der Waals surface area (Å²) in [4.78, 5) is 25.0. The molecule has 1 aromatic carbocycles. The van der Waals surface area contributed by atoms with E-state index in [2.05, 4.69) is 17.6 Å². The molecule has 25 heavy (non-hydrogen) atoms. The van der Waals surface area contributed by atoms with Crippen molar-refractivity contribution >= 4 is 11.8 Å². The van der Waals surface area contributed by atoms with Crippen LogP contribution in [-0.2, 0) is 11.2 Å². The van der Waals surface area contributed by atoms with Gasteiger partial charge in [0.1, 0.15) is 6.04 Å². The van der Waals surface area contributed by atoms with Gasteiger partial charge in [-0.15, -0.1) is 0 Å². The summed E-state index contributed by atoms with van der Waals surface area (Å²) in [5.74, 6) is -0.320. The van der Waals surface area contributed by atoms with Gasteiger partial charge in [0.25, 0.3) is 5.91 Å². The number of rotatable bonds is 8. The molecule has 0 spiro atoms. The van der Waals surface area contributed by atoms with E-state index in [1.165, 1.54) is 6.26 Å². The summed E-state index contributed by atoms with van der Waals surface area (Å²) in [6.07, 6.45) is 5.27. The molecule has 5 heteroatoms. The number of carbonyl (C=O) groups is 2. The van der Waals surface area contributed by atoms with Crippen molar-refractivity contribution in [2.75, 3.05) is 6.54 Å². The standard InChI is InChI=1S/C20H24N2O3/c1-2-20(10-11-20)14-21-18(23)16(13-15-7-4-3-5-8-15)22-19(24)17-9-6-12-25-17/h3-9,12,16H,2,10-11,13-14H2,1H3,(H,21,23)(H,22,24)/t16-/m0/s1. The first-order valence-corrected chi connectivity index (χ1v) is 8.78. The average Bonchev–Trinajstić information content (AvgIpc) is 3.21. The molecule has 1 saturated carbocycles. The molecule has 3 rings (SSSR count). The zero-order chi connectivity index (χ0) is 17.7. The summed E-state index contributed by atoms with van der Waals surface area (Å²) in [7, 11) is 0. The Hall–Kier alpha value is -2.56. The van der Waals surface area contributed by atoms with E-state index in [1.54, 1.807) is 12.1 Å². The molecule has 1 heterocycles. The molecular formula is C20H24N2O3. The largest absolute Gasteiger partial charge is 0.459 e. The maximum atomic E-state index is 12.7. The first-order chi connectivity index (χ1) is 12.1. The SMILES string of the molecule is CCC1(CNC(=O)[C@H](Cc2ccccc2)NC(=O)c2ccco2)CC1. The van der Waals surface area contributed by atoms with E-state index in [4.69, 9.17) is 4.42 Å². The van der Waals surface area contributed by atoms with Gasteiger partial charge in [-0.05, 0) is 42.4 Å². The van der Waals surface area contributed by atoms with E-state index in [-0.39, 0.29) is 23.0 Å². The lowest BCUT2D eigenvalue weighted by molar-refractivity contribution is -0.123. The first kappa shape index (κ1) is 17.3. The molecule has 1 aliphatic carbocycles. The zero-order valence-corrected chi connectivity index (χ0v) is 14.5. The van der Waals surface area contributed by atoms with Gasteiger partial charge in [0.15, 0.2) is 5.76 Å². The highest BCUT2D eigenvalue weighted by Crippen LogP contribution is 2.47. The molecule has 0 saturated heterocycles. The van der Waals surface area contributed by atoms with Crippen molar-refractivity contribution in [2.24, 2.45) is 5.41 Å². The fourth-order valence-electron chi connectivity index (χ4n) is 2.93. The molecule has 0 radical (unpaired) electrons. The molecule has 2 aromatic rings. The van der Waals surface area contributed by atoms with Crippen LogP contribution in [0.1, 0.15) is 42.3 Å². The minimum atomic E-state index is -0.632. The molecule has 0 unspecified atom stereocenters. The molecular weight excluding hydrogens is 316 g/mol. The Balaban J connectivity index is 1.66. The van der Waals surface area contributed by atoms with E-state index in [1.807, 2.05) is 30.3 Å². The summed E-state index contributed by atoms with van der Waals surface area (Å²) in [6.45, 7) is 2.82. The molecule has 1 fully saturated rings. The van der Waals surface area contributed by atoms with Crippen LogP contribution in [0.15, 0.2) is 53.1 Å². The fourth-order valence-corrected chi connectivity index (χ4v) is 2.93. The van der Waals surface area contributed by atoms with Crippen LogP contribution in [0.3, 0.4) is 0 Å². The van der Waals surface area contributed by atoms with Gasteiger partial charge in [-0.25, -0.2) is 0 Å². The highest BCUT2D eigenvalue weighted by atomic mass is 16.3. The second-order valence-corrected chi connectivity index (χ2v) is 6.76. The quantitative estimate of drug-likeness (QED) is 0.776. The summed E-state index contributed by atoms with van der Waals surface area (Å²) < 4.78 is 5.12. The molecule has 0 bridgehead atoms. The topological polar surface area (TPSA) is 71.3 Å². The van der Waals surface area contributed by atoms with Crippen LogP contribution < -0.4 is 10.6 Å². The van der Waals surface area contributed by atoms with Crippen molar-refractivity contribution in [2.45, 2.75) is 38.6 Å². The third kappa shape index (κ3) is 4.50. The van der Waals surface area contributed by atoms with Crippen molar-refractivity contribution in [3.05, 3.63) is 60.1 Å². The molecule has 5 nitrogen and oxygen atoms in total. The number of benzene rings is 1. The van der Waals surface area contributed by atoms with Crippen molar-refractivity contribution in [3.8, 4) is 0 Å². The lowest BCUT2D eigenvalue weighted by Gasteiger charge is -2.20. The Kier molecular flexibility index (Phi) is 5.22. The van der Waals surface area contributed by atoms with E-state index in [0.29, 0.717) is 13.0 Å². The lowest BCUT2D eigenvalue weighted by Crippen LogP contribution is -2.49. The molecule has 1 aliphatic rings. The Morgan fingerprint density at radius 2 is 1.92 bits per heavy atom. The van der Waals surface area contributed by atoms with Crippen LogP contribution >= 0.6 is 0 Å². The summed E-state index contributed by atoms with van der Waals surface area (Å²) in [5, 5.41) is 5.82. The molecule has 132 valence electrons. The average molecular weight is 340 g/mol. The monoisotopic (exact) mass is 340 g/mol. The normalized spacial score (nSPS) is 16.0. The Bertz CT molecular complexity index is 706. The minimum Gasteiger partial charge on any atom is -0.459 e. The summed E-state index contributed by atoms with van der Waals surface area (Å²) >= 11 is 0. The fraction of sp³-hybridized carbons (Fsp3) is 0.400. The Morgan fingerprint density at radius 3 is 2.52 bits per heavy atom. The van der Waals surface area contributed by atoms with E-state index < -0.39 is 6.04 Å². The number of furan rings is 1. The number of amides is 2. The van der Waals surface area contributed by atoms with Gasteiger partial charge < -0.3 is 15.1 Å². The molecule has 1 atom stereocenters. The zero-order valence-electron chi connectivity index (χ0n) is 14.5. The smallest absolute Gasteiger partial charge is 0.287 e. The maximum Gasteiger partial charge on any atom is 0.287 e. The van der Waals surface area contributed by atoms with Gasteiger partial charge in [0, 0.05) is 13.0 Å². The predicted octanol–water partition coefficient (Wildman–Crippen LogP) is 2.93. The molecule has 0 aliphatic heterocycles. The van der Waals surface area contributed by atoms with Crippen molar-refractivity contribution in [3.63, 3.8) is 0 Å². The van der Waals surface area contributed by atoms with Gasteiger partial charge in [0.2, 0.25) is 5.91 Å². The Morgan fingerprint density at radius 1 is 1.16 bits per heavy atom. The van der Waals surface area contributed by atoms with Gasteiger partial charge >= 0.3 is 0 Å². The van der Waals surface area contributed by atoms with E-state index in [0.717, 1.165) is 24.8 Å². The van der Waals surface area contributed by atoms with Gasteiger partial charge in [0.05, 0.1) is 6.26 Å². The van der Waals surface area contributed by atoms with Crippen LogP contribution in [0.2, 0.25) is 0 Å². The number of nitrogens with one attached hydrogen (secondary N) is 2. The highest BCUT2D eigenvalue weighted by Gasteiger charge is 2.41.